The van der Waals surface area contributed by atoms with Crippen LogP contribution in [0.1, 0.15) is 18.4 Å². The van der Waals surface area contributed by atoms with Crippen LogP contribution in [0.4, 0.5) is 0 Å². The summed E-state index contributed by atoms with van der Waals surface area (Å²) in [6, 6.07) is 5.80. The van der Waals surface area contributed by atoms with Crippen molar-refractivity contribution in [1.82, 2.24) is 5.32 Å². The first kappa shape index (κ1) is 9.55. The van der Waals surface area contributed by atoms with E-state index in [-0.39, 0.29) is 0 Å². The number of aromatic hydroxyl groups is 1. The minimum absolute atomic E-state index is 0.396. The fraction of sp³-hybridized carbons (Fsp3) is 0.500. The number of benzene rings is 1. The molecule has 1 fully saturated rings. The number of thioether (sulfide) groups is 1. The van der Waals surface area contributed by atoms with Crippen LogP contribution in [0.5, 0.6) is 5.75 Å². The fourth-order valence-corrected chi connectivity index (χ4v) is 4.12. The van der Waals surface area contributed by atoms with Gasteiger partial charge in [-0.05, 0) is 50.0 Å². The van der Waals surface area contributed by atoms with Crippen molar-refractivity contribution < 1.29 is 5.11 Å². The number of phenols is 1. The lowest BCUT2D eigenvalue weighted by atomic mass is 9.90. The van der Waals surface area contributed by atoms with Gasteiger partial charge in [0.05, 0.1) is 0 Å². The lowest BCUT2D eigenvalue weighted by Crippen LogP contribution is -2.39. The lowest BCUT2D eigenvalue weighted by molar-refractivity contribution is 0.416. The average Bonchev–Trinajstić information content (AvgIpc) is 2.56. The summed E-state index contributed by atoms with van der Waals surface area (Å²) in [5.41, 5.74) is 1.42. The molecule has 1 aromatic carbocycles. The van der Waals surface area contributed by atoms with Gasteiger partial charge in [-0.1, -0.05) is 6.07 Å². The van der Waals surface area contributed by atoms with Crippen molar-refractivity contribution in [1.29, 1.82) is 0 Å². The van der Waals surface area contributed by atoms with Crippen LogP contribution < -0.4 is 5.32 Å². The van der Waals surface area contributed by atoms with E-state index in [0.29, 0.717) is 10.5 Å². The van der Waals surface area contributed by atoms with Crippen LogP contribution in [0, 0.1) is 0 Å². The highest BCUT2D eigenvalue weighted by atomic mass is 32.2. The number of phenolic OH excluding ortho intramolecular Hbond substituents is 1. The Morgan fingerprint density at radius 2 is 2.07 bits per heavy atom. The summed E-state index contributed by atoms with van der Waals surface area (Å²) in [7, 11) is 0. The molecule has 1 spiro atoms. The molecule has 0 amide bonds. The van der Waals surface area contributed by atoms with Gasteiger partial charge in [0.1, 0.15) is 5.75 Å². The number of nitrogens with one attached hydrogen (secondary N) is 1. The molecule has 2 aliphatic rings. The quantitative estimate of drug-likeness (QED) is 0.704. The van der Waals surface area contributed by atoms with Gasteiger partial charge in [0.2, 0.25) is 0 Å². The van der Waals surface area contributed by atoms with Gasteiger partial charge >= 0.3 is 0 Å². The zero-order chi connectivity index (χ0) is 10.3. The van der Waals surface area contributed by atoms with Crippen molar-refractivity contribution in [2.45, 2.75) is 28.9 Å². The van der Waals surface area contributed by atoms with Gasteiger partial charge in [-0.25, -0.2) is 0 Å². The first-order valence-electron chi connectivity index (χ1n) is 5.49. The molecule has 2 aliphatic heterocycles. The minimum Gasteiger partial charge on any atom is -0.508 e. The molecule has 15 heavy (non-hydrogen) atoms. The van der Waals surface area contributed by atoms with Crippen LogP contribution in [-0.4, -0.2) is 22.9 Å². The molecule has 1 aromatic rings. The van der Waals surface area contributed by atoms with E-state index in [4.69, 9.17) is 0 Å². The topological polar surface area (TPSA) is 32.3 Å². The van der Waals surface area contributed by atoms with Gasteiger partial charge in [-0.2, -0.15) is 0 Å². The zero-order valence-corrected chi connectivity index (χ0v) is 9.44. The number of hydrogen-bond acceptors (Lipinski definition) is 3. The number of rotatable bonds is 0. The molecule has 0 atom stereocenters. The molecule has 80 valence electrons. The molecule has 0 radical (unpaired) electrons. The maximum Gasteiger partial charge on any atom is 0.116 e. The van der Waals surface area contributed by atoms with Gasteiger partial charge in [-0.15, -0.1) is 11.8 Å². The Labute approximate surface area is 94.1 Å². The van der Waals surface area contributed by atoms with Crippen LogP contribution in [0.2, 0.25) is 0 Å². The molecule has 0 unspecified atom stereocenters. The van der Waals surface area contributed by atoms with Crippen molar-refractivity contribution in [3.05, 3.63) is 23.8 Å². The molecule has 2 N–H and O–H groups in total. The second kappa shape index (κ2) is 3.42. The Morgan fingerprint density at radius 3 is 2.87 bits per heavy atom. The summed E-state index contributed by atoms with van der Waals surface area (Å²) in [6.07, 6.45) is 3.66. The first-order valence-corrected chi connectivity index (χ1v) is 6.31. The molecule has 0 aliphatic carbocycles. The van der Waals surface area contributed by atoms with E-state index in [1.807, 2.05) is 17.8 Å². The second-order valence-electron chi connectivity index (χ2n) is 4.50. The zero-order valence-electron chi connectivity index (χ0n) is 8.62. The Bertz CT molecular complexity index is 385. The van der Waals surface area contributed by atoms with E-state index in [1.165, 1.54) is 29.7 Å². The number of fused-ring (bicyclic) bond motifs is 1. The minimum atomic E-state index is 0.396. The van der Waals surface area contributed by atoms with Crippen LogP contribution in [0.25, 0.3) is 0 Å². The molecule has 1 saturated heterocycles. The van der Waals surface area contributed by atoms with Gasteiger partial charge in [0.25, 0.3) is 0 Å². The van der Waals surface area contributed by atoms with Crippen molar-refractivity contribution in [3.63, 3.8) is 0 Å². The third kappa shape index (κ3) is 1.64. The lowest BCUT2D eigenvalue weighted by Gasteiger charge is -2.32. The summed E-state index contributed by atoms with van der Waals surface area (Å²) in [5, 5.41) is 12.9. The van der Waals surface area contributed by atoms with Crippen LogP contribution in [0.3, 0.4) is 0 Å². The van der Waals surface area contributed by atoms with E-state index in [0.717, 1.165) is 13.1 Å². The predicted octanol–water partition coefficient (Wildman–Crippen LogP) is 2.16. The van der Waals surface area contributed by atoms with E-state index in [1.54, 1.807) is 6.07 Å². The Kier molecular flexibility index (Phi) is 2.18. The molecule has 0 saturated carbocycles. The summed E-state index contributed by atoms with van der Waals surface area (Å²) in [5.74, 6) is 0.396. The molecule has 0 aromatic heterocycles. The first-order chi connectivity index (χ1) is 7.27. The highest BCUT2D eigenvalue weighted by Crippen LogP contribution is 2.50. The molecular formula is C12H15NOS. The molecule has 0 bridgehead atoms. The summed E-state index contributed by atoms with van der Waals surface area (Å²) < 4.78 is 0.418. The molecule has 3 heteroatoms. The third-order valence-electron chi connectivity index (χ3n) is 3.40. The van der Waals surface area contributed by atoms with Crippen molar-refractivity contribution >= 4 is 11.8 Å². The smallest absolute Gasteiger partial charge is 0.116 e. The van der Waals surface area contributed by atoms with E-state index >= 15 is 0 Å². The molecule has 3 rings (SSSR count). The maximum absolute atomic E-state index is 9.46. The van der Waals surface area contributed by atoms with Gasteiger partial charge in [0, 0.05) is 9.64 Å². The third-order valence-corrected chi connectivity index (χ3v) is 4.99. The van der Waals surface area contributed by atoms with E-state index in [9.17, 15) is 5.11 Å². The largest absolute Gasteiger partial charge is 0.508 e. The van der Waals surface area contributed by atoms with Gasteiger partial charge in [0.15, 0.2) is 0 Å². The summed E-state index contributed by atoms with van der Waals surface area (Å²) >= 11 is 1.97. The average molecular weight is 221 g/mol. The molecule has 2 nitrogen and oxygen atoms in total. The summed E-state index contributed by atoms with van der Waals surface area (Å²) in [4.78, 5) is 1.29. The maximum atomic E-state index is 9.46. The van der Waals surface area contributed by atoms with Crippen LogP contribution in [-0.2, 0) is 6.42 Å². The van der Waals surface area contributed by atoms with Crippen molar-refractivity contribution in [2.75, 3.05) is 13.1 Å². The van der Waals surface area contributed by atoms with Gasteiger partial charge < -0.3 is 10.4 Å². The predicted molar refractivity (Wildman–Crippen MR) is 62.5 cm³/mol. The van der Waals surface area contributed by atoms with Crippen molar-refractivity contribution in [2.24, 2.45) is 0 Å². The second-order valence-corrected chi connectivity index (χ2v) is 6.01. The number of piperidine rings is 1. The normalized spacial score (nSPS) is 22.9. The monoisotopic (exact) mass is 221 g/mol. The number of hydrogen-bond donors (Lipinski definition) is 2. The highest BCUT2D eigenvalue weighted by molar-refractivity contribution is 8.01. The van der Waals surface area contributed by atoms with Crippen LogP contribution >= 0.6 is 11.8 Å². The Hall–Kier alpha value is -0.670. The molecule has 2 heterocycles. The standard InChI is InChI=1S/C12H15NOS/c14-10-2-1-9-8-12(15-11(9)7-10)3-5-13-6-4-12/h1-2,7,13-14H,3-6,8H2. The molecular weight excluding hydrogens is 206 g/mol. The Balaban J connectivity index is 1.90. The summed E-state index contributed by atoms with van der Waals surface area (Å²) in [6.45, 7) is 2.26. The van der Waals surface area contributed by atoms with Gasteiger partial charge in [-0.3, -0.25) is 0 Å². The van der Waals surface area contributed by atoms with E-state index < -0.39 is 0 Å². The fourth-order valence-electron chi connectivity index (χ4n) is 2.56. The highest BCUT2D eigenvalue weighted by Gasteiger charge is 2.38. The SMILES string of the molecule is Oc1ccc2c(c1)SC1(CCNCC1)C2. The van der Waals surface area contributed by atoms with Crippen LogP contribution in [0.15, 0.2) is 23.1 Å². The van der Waals surface area contributed by atoms with Crippen molar-refractivity contribution in [3.8, 4) is 5.75 Å². The van der Waals surface area contributed by atoms with E-state index in [2.05, 4.69) is 11.4 Å². The Morgan fingerprint density at radius 1 is 1.27 bits per heavy atom.